The van der Waals surface area contributed by atoms with E-state index in [9.17, 15) is 13.7 Å². The molecule has 0 radical (unpaired) electrons. The van der Waals surface area contributed by atoms with Crippen molar-refractivity contribution in [3.05, 3.63) is 48.4 Å². The van der Waals surface area contributed by atoms with E-state index in [0.29, 0.717) is 17.1 Å². The Morgan fingerprint density at radius 3 is 2.72 bits per heavy atom. The molecule has 0 amide bonds. The maximum atomic E-state index is 11.9. The highest BCUT2D eigenvalue weighted by molar-refractivity contribution is 7.88. The monoisotopic (exact) mass is 448 g/mol. The van der Waals surface area contributed by atoms with Gasteiger partial charge in [-0.3, -0.25) is 14.8 Å². The van der Waals surface area contributed by atoms with Gasteiger partial charge in [-0.2, -0.15) is 19.8 Å². The van der Waals surface area contributed by atoms with E-state index >= 15 is 0 Å². The van der Waals surface area contributed by atoms with Gasteiger partial charge in [-0.1, -0.05) is 0 Å². The van der Waals surface area contributed by atoms with Gasteiger partial charge in [0.05, 0.1) is 35.7 Å². The number of H-pyrrole nitrogens is 1. The van der Waals surface area contributed by atoms with E-state index in [1.54, 1.807) is 17.1 Å². The molecule has 1 aliphatic heterocycles. The highest BCUT2D eigenvalue weighted by atomic mass is 32.2. The number of pyridine rings is 2. The van der Waals surface area contributed by atoms with Crippen LogP contribution in [0.15, 0.2) is 42.7 Å². The molecule has 0 atom stereocenters. The highest BCUT2D eigenvalue weighted by Gasteiger charge is 2.49. The molecule has 1 aliphatic rings. The SMILES string of the molecule is Cc1cc(-c2nc(-c3ccn[nH]3)cc3ncccc23)nn1C1(CC#N)CN(S(C)(=O)=O)C1. The number of hydrogen-bond acceptors (Lipinski definition) is 7. The van der Waals surface area contributed by atoms with Gasteiger partial charge in [-0.05, 0) is 37.3 Å². The van der Waals surface area contributed by atoms with Gasteiger partial charge in [0, 0.05) is 36.6 Å². The molecule has 0 saturated carbocycles. The predicted molar refractivity (Wildman–Crippen MR) is 118 cm³/mol. The molecule has 0 aromatic carbocycles. The van der Waals surface area contributed by atoms with Crippen molar-refractivity contribution in [2.75, 3.05) is 19.3 Å². The van der Waals surface area contributed by atoms with E-state index in [4.69, 9.17) is 10.1 Å². The average Bonchev–Trinajstić information content (AvgIpc) is 3.39. The van der Waals surface area contributed by atoms with Gasteiger partial charge in [-0.15, -0.1) is 0 Å². The van der Waals surface area contributed by atoms with Crippen LogP contribution in [0.3, 0.4) is 0 Å². The van der Waals surface area contributed by atoms with Crippen molar-refractivity contribution in [2.45, 2.75) is 18.9 Å². The van der Waals surface area contributed by atoms with E-state index in [0.717, 1.165) is 22.3 Å². The lowest BCUT2D eigenvalue weighted by atomic mass is 9.89. The topological polar surface area (TPSA) is 133 Å². The van der Waals surface area contributed by atoms with E-state index in [2.05, 4.69) is 21.3 Å². The summed E-state index contributed by atoms with van der Waals surface area (Å²) < 4.78 is 27.0. The number of hydrogen-bond donors (Lipinski definition) is 1. The third kappa shape index (κ3) is 3.24. The third-order valence-corrected chi connectivity index (χ3v) is 6.97. The van der Waals surface area contributed by atoms with Crippen LogP contribution in [0.4, 0.5) is 0 Å². The molecule has 162 valence electrons. The number of sulfonamides is 1. The van der Waals surface area contributed by atoms with E-state index in [1.165, 1.54) is 10.6 Å². The Morgan fingerprint density at radius 2 is 2.03 bits per heavy atom. The van der Waals surface area contributed by atoms with Crippen LogP contribution in [0, 0.1) is 18.3 Å². The molecule has 1 N–H and O–H groups in total. The zero-order valence-corrected chi connectivity index (χ0v) is 18.3. The predicted octanol–water partition coefficient (Wildman–Crippen LogP) is 2.08. The first-order valence-electron chi connectivity index (χ1n) is 9.96. The molecule has 1 fully saturated rings. The molecule has 0 bridgehead atoms. The second-order valence-electron chi connectivity index (χ2n) is 8.07. The Morgan fingerprint density at radius 1 is 1.22 bits per heavy atom. The van der Waals surface area contributed by atoms with Crippen molar-refractivity contribution in [1.82, 2.24) is 34.3 Å². The molecule has 5 heterocycles. The lowest BCUT2D eigenvalue weighted by Crippen LogP contribution is -2.64. The van der Waals surface area contributed by atoms with Gasteiger partial charge in [-0.25, -0.2) is 13.4 Å². The molecule has 4 aromatic rings. The fourth-order valence-electron chi connectivity index (χ4n) is 4.19. The summed E-state index contributed by atoms with van der Waals surface area (Å²) in [5, 5.41) is 22.0. The fourth-order valence-corrected chi connectivity index (χ4v) is 5.14. The Bertz CT molecular complexity index is 1460. The van der Waals surface area contributed by atoms with Crippen LogP contribution in [0.25, 0.3) is 33.7 Å². The van der Waals surface area contributed by atoms with Crippen LogP contribution in [-0.2, 0) is 15.6 Å². The van der Waals surface area contributed by atoms with Crippen LogP contribution in [-0.4, -0.2) is 62.0 Å². The second-order valence-corrected chi connectivity index (χ2v) is 10.1. The Balaban J connectivity index is 1.63. The number of rotatable bonds is 5. The first-order valence-corrected chi connectivity index (χ1v) is 11.8. The van der Waals surface area contributed by atoms with Gasteiger partial charge in [0.15, 0.2) is 0 Å². The van der Waals surface area contributed by atoms with Crippen LogP contribution >= 0.6 is 0 Å². The zero-order valence-electron chi connectivity index (χ0n) is 17.5. The van der Waals surface area contributed by atoms with Crippen LogP contribution in [0.5, 0.6) is 0 Å². The lowest BCUT2D eigenvalue weighted by Gasteiger charge is -2.48. The summed E-state index contributed by atoms with van der Waals surface area (Å²) in [4.78, 5) is 9.32. The zero-order chi connectivity index (χ0) is 22.5. The normalized spacial score (nSPS) is 16.0. The minimum absolute atomic E-state index is 0.158. The summed E-state index contributed by atoms with van der Waals surface area (Å²) in [6.07, 6.45) is 4.72. The summed E-state index contributed by atoms with van der Waals surface area (Å²) in [6.45, 7) is 2.33. The standard InChI is InChI=1S/C21H20N8O2S/c1-14-10-19(27-29(14)21(6-7-22)12-28(13-21)32(2,30)31)20-15-4-3-8-23-17(15)11-18(25-20)16-5-9-24-26-16/h3-5,8-11H,6,12-13H2,1-2H3,(H,24,26). The van der Waals surface area contributed by atoms with E-state index in [-0.39, 0.29) is 19.5 Å². The maximum absolute atomic E-state index is 11.9. The van der Waals surface area contributed by atoms with E-state index < -0.39 is 15.6 Å². The Hall–Kier alpha value is -3.62. The van der Waals surface area contributed by atoms with Gasteiger partial charge in [0.25, 0.3) is 0 Å². The molecular weight excluding hydrogens is 428 g/mol. The van der Waals surface area contributed by atoms with Crippen molar-refractivity contribution < 1.29 is 8.42 Å². The lowest BCUT2D eigenvalue weighted by molar-refractivity contribution is 0.0704. The molecular formula is C21H20N8O2S. The average molecular weight is 449 g/mol. The smallest absolute Gasteiger partial charge is 0.211 e. The quantitative estimate of drug-likeness (QED) is 0.494. The van der Waals surface area contributed by atoms with Crippen LogP contribution in [0.2, 0.25) is 0 Å². The summed E-state index contributed by atoms with van der Waals surface area (Å²) in [5.74, 6) is 0. The third-order valence-electron chi connectivity index (χ3n) is 5.77. The van der Waals surface area contributed by atoms with Crippen molar-refractivity contribution in [2.24, 2.45) is 0 Å². The number of nitriles is 1. The molecule has 4 aromatic heterocycles. The van der Waals surface area contributed by atoms with Crippen molar-refractivity contribution >= 4 is 20.9 Å². The molecule has 0 spiro atoms. The van der Waals surface area contributed by atoms with Crippen LogP contribution < -0.4 is 0 Å². The molecule has 5 rings (SSSR count). The van der Waals surface area contributed by atoms with Crippen LogP contribution in [0.1, 0.15) is 12.1 Å². The largest absolute Gasteiger partial charge is 0.276 e. The second kappa shape index (κ2) is 7.22. The minimum Gasteiger partial charge on any atom is -0.276 e. The molecule has 10 nitrogen and oxygen atoms in total. The van der Waals surface area contributed by atoms with Gasteiger partial charge < -0.3 is 0 Å². The molecule has 0 unspecified atom stereocenters. The number of aromatic amines is 1. The molecule has 1 saturated heterocycles. The molecule has 0 aliphatic carbocycles. The fraction of sp³-hybridized carbons (Fsp3) is 0.286. The summed E-state index contributed by atoms with van der Waals surface area (Å²) in [6, 6.07) is 11.6. The maximum Gasteiger partial charge on any atom is 0.211 e. The number of aryl methyl sites for hydroxylation is 1. The number of fused-ring (bicyclic) bond motifs is 1. The summed E-state index contributed by atoms with van der Waals surface area (Å²) in [5.41, 5.74) is 3.65. The number of aromatic nitrogens is 6. The van der Waals surface area contributed by atoms with Crippen molar-refractivity contribution in [1.29, 1.82) is 5.26 Å². The minimum atomic E-state index is -3.33. The first kappa shape index (κ1) is 20.3. The number of nitrogens with zero attached hydrogens (tertiary/aromatic N) is 7. The number of nitrogens with one attached hydrogen (secondary N) is 1. The summed E-state index contributed by atoms with van der Waals surface area (Å²) >= 11 is 0. The van der Waals surface area contributed by atoms with Crippen molar-refractivity contribution in [3.8, 4) is 28.8 Å². The van der Waals surface area contributed by atoms with Crippen molar-refractivity contribution in [3.63, 3.8) is 0 Å². The Kier molecular flexibility index (Phi) is 4.58. The van der Waals surface area contributed by atoms with E-state index in [1.807, 2.05) is 37.3 Å². The summed E-state index contributed by atoms with van der Waals surface area (Å²) in [7, 11) is -3.33. The molecule has 11 heteroatoms. The highest BCUT2D eigenvalue weighted by Crippen LogP contribution is 2.37. The first-order chi connectivity index (χ1) is 15.3. The Labute approximate surface area is 184 Å². The van der Waals surface area contributed by atoms with Gasteiger partial charge in [0.2, 0.25) is 10.0 Å². The molecule has 32 heavy (non-hydrogen) atoms. The van der Waals surface area contributed by atoms with Gasteiger partial charge in [0.1, 0.15) is 16.9 Å². The van der Waals surface area contributed by atoms with Gasteiger partial charge >= 0.3 is 0 Å².